The van der Waals surface area contributed by atoms with E-state index in [0.717, 1.165) is 18.4 Å². The number of halogens is 1. The maximum atomic E-state index is 16.0. The SMILES string of the molecule is CO[C@H]1c2cc(N3C(=O)c4ccccc4Oc4ccccc43)ccc2O[C@@H](C(CC(=O)N2CCC[C@H]2CO)[Si](C)(C)F)[C@@H]1C. The lowest BCUT2D eigenvalue weighted by molar-refractivity contribution is -0.133. The van der Waals surface area contributed by atoms with Crippen molar-refractivity contribution >= 4 is 31.6 Å². The van der Waals surface area contributed by atoms with Gasteiger partial charge < -0.3 is 28.3 Å². The fraction of sp³-hybridized carbons (Fsp3) is 0.412. The summed E-state index contributed by atoms with van der Waals surface area (Å²) in [4.78, 5) is 30.7. The Morgan fingerprint density at radius 1 is 1.09 bits per heavy atom. The number of aliphatic hydroxyl groups excluding tert-OH is 1. The highest BCUT2D eigenvalue weighted by Crippen LogP contribution is 2.50. The number of hydrogen-bond donors (Lipinski definition) is 1. The Kier molecular flexibility index (Phi) is 8.25. The number of para-hydroxylation sites is 3. The number of aliphatic hydroxyl groups is 1. The van der Waals surface area contributed by atoms with Crippen LogP contribution >= 0.6 is 0 Å². The van der Waals surface area contributed by atoms with Crippen LogP contribution < -0.4 is 14.4 Å². The molecular weight excluding hydrogens is 579 g/mol. The van der Waals surface area contributed by atoms with Gasteiger partial charge >= 0.3 is 0 Å². The largest absolute Gasteiger partial charge is 0.490 e. The molecule has 1 unspecified atom stereocenters. The number of anilines is 2. The van der Waals surface area contributed by atoms with Gasteiger partial charge in [-0.2, -0.15) is 0 Å². The molecule has 0 aromatic heterocycles. The molecule has 0 saturated carbocycles. The van der Waals surface area contributed by atoms with E-state index in [1.807, 2.05) is 55.5 Å². The summed E-state index contributed by atoms with van der Waals surface area (Å²) in [5.74, 6) is 0.927. The molecule has 3 aliphatic heterocycles. The second-order valence-electron chi connectivity index (χ2n) is 12.5. The summed E-state index contributed by atoms with van der Waals surface area (Å²) >= 11 is 0. The lowest BCUT2D eigenvalue weighted by Crippen LogP contribution is -2.48. The zero-order chi connectivity index (χ0) is 31.2. The van der Waals surface area contributed by atoms with Crippen LogP contribution in [0.15, 0.2) is 66.7 Å². The minimum atomic E-state index is -3.41. The molecule has 232 valence electrons. The van der Waals surface area contributed by atoms with Gasteiger partial charge in [0, 0.05) is 37.1 Å². The Hall–Kier alpha value is -3.73. The van der Waals surface area contributed by atoms with Crippen molar-refractivity contribution in [2.24, 2.45) is 5.92 Å². The molecule has 3 aromatic carbocycles. The molecule has 1 N–H and O–H groups in total. The molecule has 3 aliphatic rings. The monoisotopic (exact) mass is 618 g/mol. The number of nitrogens with zero attached hydrogens (tertiary/aromatic N) is 2. The van der Waals surface area contributed by atoms with Gasteiger partial charge in [0.25, 0.3) is 5.91 Å². The summed E-state index contributed by atoms with van der Waals surface area (Å²) < 4.78 is 34.8. The van der Waals surface area contributed by atoms with Gasteiger partial charge in [-0.25, -0.2) is 0 Å². The predicted molar refractivity (Wildman–Crippen MR) is 168 cm³/mol. The molecule has 8 nitrogen and oxygen atoms in total. The number of benzene rings is 3. The highest BCUT2D eigenvalue weighted by atomic mass is 28.4. The molecule has 2 amide bonds. The predicted octanol–water partition coefficient (Wildman–Crippen LogP) is 6.77. The van der Waals surface area contributed by atoms with Gasteiger partial charge in [0.15, 0.2) is 5.75 Å². The number of methoxy groups -OCH3 is 1. The third kappa shape index (κ3) is 5.39. The molecule has 3 aromatic rings. The molecule has 5 atom stereocenters. The van der Waals surface area contributed by atoms with Gasteiger partial charge in [-0.05, 0) is 68.4 Å². The molecule has 6 rings (SSSR count). The second-order valence-corrected chi connectivity index (χ2v) is 16.3. The van der Waals surface area contributed by atoms with E-state index in [0.29, 0.717) is 40.7 Å². The number of fused-ring (bicyclic) bond motifs is 3. The summed E-state index contributed by atoms with van der Waals surface area (Å²) in [6.07, 6.45) is 0.546. The number of likely N-dealkylation sites (tertiary alicyclic amines) is 1. The van der Waals surface area contributed by atoms with Crippen LogP contribution in [0.4, 0.5) is 15.5 Å². The fourth-order valence-corrected chi connectivity index (χ4v) is 8.79. The zero-order valence-corrected chi connectivity index (χ0v) is 26.5. The fourth-order valence-electron chi connectivity index (χ4n) is 6.98. The zero-order valence-electron chi connectivity index (χ0n) is 25.5. The van der Waals surface area contributed by atoms with Crippen molar-refractivity contribution < 1.29 is 33.0 Å². The maximum Gasteiger partial charge on any atom is 0.266 e. The highest BCUT2D eigenvalue weighted by Gasteiger charge is 2.49. The number of rotatable bonds is 7. The van der Waals surface area contributed by atoms with E-state index in [2.05, 4.69) is 0 Å². The molecule has 0 radical (unpaired) electrons. The van der Waals surface area contributed by atoms with Gasteiger partial charge in [0.1, 0.15) is 17.6 Å². The molecule has 0 aliphatic carbocycles. The third-order valence-electron chi connectivity index (χ3n) is 9.30. The average Bonchev–Trinajstić information content (AvgIpc) is 3.45. The molecular formula is C34H39FN2O6Si. The topological polar surface area (TPSA) is 88.5 Å². The van der Waals surface area contributed by atoms with Gasteiger partial charge in [-0.1, -0.05) is 31.2 Å². The number of hydrogen-bond acceptors (Lipinski definition) is 6. The average molecular weight is 619 g/mol. The van der Waals surface area contributed by atoms with Crippen molar-refractivity contribution in [2.75, 3.05) is 25.2 Å². The van der Waals surface area contributed by atoms with Crippen molar-refractivity contribution in [3.05, 3.63) is 77.9 Å². The van der Waals surface area contributed by atoms with Crippen LogP contribution in [0.3, 0.4) is 0 Å². The van der Waals surface area contributed by atoms with E-state index in [1.165, 1.54) is 0 Å². The van der Waals surface area contributed by atoms with E-state index in [1.54, 1.807) is 48.2 Å². The number of carbonyl (C=O) groups excluding carboxylic acids is 2. The second kappa shape index (κ2) is 12.0. The van der Waals surface area contributed by atoms with E-state index in [-0.39, 0.29) is 36.8 Å². The van der Waals surface area contributed by atoms with Crippen molar-refractivity contribution in [2.45, 2.75) is 63.1 Å². The Labute approximate surface area is 258 Å². The molecule has 0 bridgehead atoms. The van der Waals surface area contributed by atoms with E-state index in [4.69, 9.17) is 14.2 Å². The van der Waals surface area contributed by atoms with Crippen LogP contribution in [0.1, 0.15) is 48.2 Å². The summed E-state index contributed by atoms with van der Waals surface area (Å²) in [5, 5.41) is 9.77. The van der Waals surface area contributed by atoms with Gasteiger partial charge in [-0.3, -0.25) is 14.5 Å². The third-order valence-corrected chi connectivity index (χ3v) is 11.6. The minimum Gasteiger partial charge on any atom is -0.490 e. The van der Waals surface area contributed by atoms with Crippen LogP contribution in [-0.2, 0) is 9.53 Å². The first-order valence-electron chi connectivity index (χ1n) is 15.3. The van der Waals surface area contributed by atoms with E-state index < -0.39 is 26.2 Å². The first kappa shape index (κ1) is 30.3. The standard InChI is InChI=1S/C34H39FN2O6Si/c1-21-32(41-2)25-18-22(37-26-12-6-8-14-29(26)42-27-13-7-5-11-24(27)34(37)40)15-16-28(25)43-33(21)30(44(3,4)35)19-31(39)36-17-9-10-23(36)20-38/h5-8,11-16,18,21,23,30,32-33,38H,9-10,17,19-20H2,1-4H3/t21-,23+,30?,32-,33-/m1/s1. The van der Waals surface area contributed by atoms with Crippen molar-refractivity contribution in [3.8, 4) is 17.2 Å². The molecule has 1 saturated heterocycles. The molecule has 1 fully saturated rings. The maximum absolute atomic E-state index is 16.0. The summed E-state index contributed by atoms with van der Waals surface area (Å²) in [6.45, 7) is 5.70. The first-order valence-corrected chi connectivity index (χ1v) is 18.2. The van der Waals surface area contributed by atoms with E-state index in [9.17, 15) is 14.7 Å². The van der Waals surface area contributed by atoms with Crippen LogP contribution in [0.25, 0.3) is 0 Å². The Bertz CT molecular complexity index is 1560. The molecule has 0 spiro atoms. The van der Waals surface area contributed by atoms with Crippen LogP contribution in [-0.4, -0.2) is 62.6 Å². The molecule has 44 heavy (non-hydrogen) atoms. The number of carbonyl (C=O) groups is 2. The smallest absolute Gasteiger partial charge is 0.266 e. The molecule has 3 heterocycles. The van der Waals surface area contributed by atoms with Gasteiger partial charge in [-0.15, -0.1) is 0 Å². The lowest BCUT2D eigenvalue weighted by atomic mass is 9.86. The summed E-state index contributed by atoms with van der Waals surface area (Å²) in [7, 11) is -1.79. The van der Waals surface area contributed by atoms with Gasteiger partial charge in [0.05, 0.1) is 35.7 Å². The summed E-state index contributed by atoms with van der Waals surface area (Å²) in [6, 6.07) is 19.9. The van der Waals surface area contributed by atoms with Crippen molar-refractivity contribution in [1.82, 2.24) is 4.90 Å². The van der Waals surface area contributed by atoms with Crippen LogP contribution in [0.2, 0.25) is 18.6 Å². The minimum absolute atomic E-state index is 0.0174. The first-order chi connectivity index (χ1) is 21.1. The summed E-state index contributed by atoms with van der Waals surface area (Å²) in [5.41, 5.74) is 1.80. The van der Waals surface area contributed by atoms with Crippen molar-refractivity contribution in [3.63, 3.8) is 0 Å². The van der Waals surface area contributed by atoms with Crippen LogP contribution in [0, 0.1) is 5.92 Å². The Morgan fingerprint density at radius 3 is 2.55 bits per heavy atom. The highest BCUT2D eigenvalue weighted by molar-refractivity contribution is 6.72. The Balaban J connectivity index is 1.36. The van der Waals surface area contributed by atoms with Gasteiger partial charge in [0.2, 0.25) is 14.3 Å². The van der Waals surface area contributed by atoms with Crippen LogP contribution in [0.5, 0.6) is 17.2 Å². The number of amides is 2. The van der Waals surface area contributed by atoms with Crippen molar-refractivity contribution in [1.29, 1.82) is 0 Å². The van der Waals surface area contributed by atoms with E-state index >= 15 is 4.11 Å². The normalized spacial score (nSPS) is 23.5. The Morgan fingerprint density at radius 2 is 1.82 bits per heavy atom. The number of ether oxygens (including phenoxy) is 3. The lowest BCUT2D eigenvalue weighted by Gasteiger charge is -2.43. The molecule has 10 heteroatoms. The quantitative estimate of drug-likeness (QED) is 0.232.